The van der Waals surface area contributed by atoms with Crippen LogP contribution in [0.15, 0.2) is 53.5 Å². The quantitative estimate of drug-likeness (QED) is 0.829. The first-order chi connectivity index (χ1) is 13.8. The molecule has 5 rings (SSSR count). The second-order valence-corrected chi connectivity index (χ2v) is 8.20. The van der Waals surface area contributed by atoms with Crippen molar-refractivity contribution in [2.75, 3.05) is 26.2 Å². The molecule has 3 aliphatic rings. The van der Waals surface area contributed by atoms with Crippen molar-refractivity contribution in [3.63, 3.8) is 0 Å². The van der Waals surface area contributed by atoms with Gasteiger partial charge in [0.25, 0.3) is 5.91 Å². The summed E-state index contributed by atoms with van der Waals surface area (Å²) in [7, 11) is 0. The van der Waals surface area contributed by atoms with Gasteiger partial charge in [-0.2, -0.15) is 0 Å². The topological polar surface area (TPSA) is 35.9 Å². The SMILES string of the molecule is O=C(C1=NCCc2ccccc21)N1Cc2ccccc2C[C@H]1CN1CCCC1. The first kappa shape index (κ1) is 17.6. The molecule has 1 saturated heterocycles. The van der Waals surface area contributed by atoms with E-state index in [9.17, 15) is 4.79 Å². The molecule has 3 aliphatic heterocycles. The molecule has 0 aromatic heterocycles. The van der Waals surface area contributed by atoms with Crippen molar-refractivity contribution >= 4 is 11.6 Å². The summed E-state index contributed by atoms with van der Waals surface area (Å²) in [6.45, 7) is 4.68. The van der Waals surface area contributed by atoms with Gasteiger partial charge in [-0.15, -0.1) is 0 Å². The van der Waals surface area contributed by atoms with Crippen LogP contribution in [0.4, 0.5) is 0 Å². The molecule has 1 fully saturated rings. The highest BCUT2D eigenvalue weighted by Gasteiger charge is 2.34. The number of likely N-dealkylation sites (tertiary alicyclic amines) is 1. The van der Waals surface area contributed by atoms with Crippen LogP contribution in [0.1, 0.15) is 35.1 Å². The summed E-state index contributed by atoms with van der Waals surface area (Å²) in [4.78, 5) is 23.0. The van der Waals surface area contributed by atoms with E-state index < -0.39 is 0 Å². The van der Waals surface area contributed by atoms with Crippen molar-refractivity contribution in [1.29, 1.82) is 0 Å². The lowest BCUT2D eigenvalue weighted by Gasteiger charge is -2.39. The smallest absolute Gasteiger partial charge is 0.273 e. The molecule has 1 atom stereocenters. The molecule has 28 heavy (non-hydrogen) atoms. The highest BCUT2D eigenvalue weighted by Crippen LogP contribution is 2.27. The van der Waals surface area contributed by atoms with Crippen molar-refractivity contribution < 1.29 is 4.79 Å². The molecule has 4 heteroatoms. The number of carbonyl (C=O) groups is 1. The van der Waals surface area contributed by atoms with Gasteiger partial charge in [-0.05, 0) is 55.5 Å². The van der Waals surface area contributed by atoms with Crippen LogP contribution in [0, 0.1) is 0 Å². The molecular formula is C24H27N3O. The van der Waals surface area contributed by atoms with Crippen molar-refractivity contribution in [3.05, 3.63) is 70.8 Å². The largest absolute Gasteiger partial charge is 0.328 e. The zero-order chi connectivity index (χ0) is 18.9. The zero-order valence-corrected chi connectivity index (χ0v) is 16.3. The Kier molecular flexibility index (Phi) is 4.73. The van der Waals surface area contributed by atoms with Gasteiger partial charge in [-0.25, -0.2) is 0 Å². The van der Waals surface area contributed by atoms with Crippen molar-refractivity contribution in [1.82, 2.24) is 9.80 Å². The average molecular weight is 374 g/mol. The summed E-state index contributed by atoms with van der Waals surface area (Å²) < 4.78 is 0. The van der Waals surface area contributed by atoms with Crippen molar-refractivity contribution in [2.24, 2.45) is 4.99 Å². The minimum absolute atomic E-state index is 0.103. The number of fused-ring (bicyclic) bond motifs is 2. The third-order valence-corrected chi connectivity index (χ3v) is 6.41. The Labute approximate surface area is 166 Å². The molecule has 0 N–H and O–H groups in total. The molecule has 2 aromatic carbocycles. The molecule has 0 unspecified atom stereocenters. The van der Waals surface area contributed by atoms with E-state index in [2.05, 4.69) is 57.3 Å². The summed E-state index contributed by atoms with van der Waals surface area (Å²) in [5.41, 5.74) is 5.60. The van der Waals surface area contributed by atoms with Gasteiger partial charge < -0.3 is 9.80 Å². The minimum Gasteiger partial charge on any atom is -0.328 e. The Morgan fingerprint density at radius 2 is 1.68 bits per heavy atom. The molecule has 0 aliphatic carbocycles. The van der Waals surface area contributed by atoms with E-state index in [4.69, 9.17) is 0 Å². The summed E-state index contributed by atoms with van der Waals surface area (Å²) in [6.07, 6.45) is 4.41. The van der Waals surface area contributed by atoms with Crippen LogP contribution in [0.3, 0.4) is 0 Å². The van der Waals surface area contributed by atoms with Crippen LogP contribution in [0.2, 0.25) is 0 Å². The van der Waals surface area contributed by atoms with Gasteiger partial charge in [0.05, 0.1) is 0 Å². The molecule has 4 nitrogen and oxygen atoms in total. The molecule has 0 saturated carbocycles. The number of aliphatic imine (C=N–C) groups is 1. The number of nitrogens with zero attached hydrogens (tertiary/aromatic N) is 3. The molecule has 1 amide bonds. The van der Waals surface area contributed by atoms with E-state index in [1.54, 1.807) is 0 Å². The lowest BCUT2D eigenvalue weighted by molar-refractivity contribution is -0.127. The van der Waals surface area contributed by atoms with Gasteiger partial charge in [0, 0.05) is 31.2 Å². The predicted molar refractivity (Wildman–Crippen MR) is 112 cm³/mol. The monoisotopic (exact) mass is 373 g/mol. The maximum atomic E-state index is 13.7. The van der Waals surface area contributed by atoms with E-state index in [1.807, 2.05) is 6.07 Å². The number of benzene rings is 2. The Balaban J connectivity index is 1.46. The Morgan fingerprint density at radius 3 is 2.50 bits per heavy atom. The van der Waals surface area contributed by atoms with Gasteiger partial charge in [-0.1, -0.05) is 48.5 Å². The van der Waals surface area contributed by atoms with Crippen molar-refractivity contribution in [3.8, 4) is 0 Å². The molecule has 0 radical (unpaired) electrons. The Morgan fingerprint density at radius 1 is 0.964 bits per heavy atom. The first-order valence-corrected chi connectivity index (χ1v) is 10.5. The minimum atomic E-state index is 0.103. The number of carbonyl (C=O) groups excluding carboxylic acids is 1. The van der Waals surface area contributed by atoms with Crippen LogP contribution in [0.25, 0.3) is 0 Å². The Bertz CT molecular complexity index is 914. The number of rotatable bonds is 3. The average Bonchev–Trinajstić information content (AvgIpc) is 3.25. The summed E-state index contributed by atoms with van der Waals surface area (Å²) in [6, 6.07) is 17.1. The highest BCUT2D eigenvalue weighted by atomic mass is 16.2. The van der Waals surface area contributed by atoms with Gasteiger partial charge in [0.2, 0.25) is 0 Å². The lowest BCUT2D eigenvalue weighted by Crippen LogP contribution is -2.52. The van der Waals surface area contributed by atoms with E-state index in [0.29, 0.717) is 18.8 Å². The van der Waals surface area contributed by atoms with Crippen molar-refractivity contribution in [2.45, 2.75) is 38.3 Å². The Hall–Kier alpha value is -2.46. The van der Waals surface area contributed by atoms with E-state index >= 15 is 0 Å². The van der Waals surface area contributed by atoms with Crippen LogP contribution < -0.4 is 0 Å². The molecule has 0 spiro atoms. The molecule has 2 aromatic rings. The van der Waals surface area contributed by atoms with Gasteiger partial charge in [-0.3, -0.25) is 9.79 Å². The third-order valence-electron chi connectivity index (χ3n) is 6.41. The first-order valence-electron chi connectivity index (χ1n) is 10.5. The van der Waals surface area contributed by atoms with E-state index in [-0.39, 0.29) is 11.9 Å². The zero-order valence-electron chi connectivity index (χ0n) is 16.3. The number of hydrogen-bond acceptors (Lipinski definition) is 3. The fraction of sp³-hybridized carbons (Fsp3) is 0.417. The van der Waals surface area contributed by atoms with E-state index in [1.165, 1.54) is 29.5 Å². The fourth-order valence-electron chi connectivity index (χ4n) is 4.91. The van der Waals surface area contributed by atoms with Crippen LogP contribution in [-0.4, -0.2) is 53.6 Å². The second kappa shape index (κ2) is 7.51. The van der Waals surface area contributed by atoms with Crippen LogP contribution in [-0.2, 0) is 24.2 Å². The second-order valence-electron chi connectivity index (χ2n) is 8.20. The normalized spacial score (nSPS) is 21.8. The summed E-state index contributed by atoms with van der Waals surface area (Å²) in [5, 5.41) is 0. The van der Waals surface area contributed by atoms with Crippen LogP contribution in [0.5, 0.6) is 0 Å². The number of amides is 1. The molecule has 144 valence electrons. The maximum absolute atomic E-state index is 13.7. The molecular weight excluding hydrogens is 346 g/mol. The molecule has 3 heterocycles. The summed E-state index contributed by atoms with van der Waals surface area (Å²) in [5.74, 6) is 0.103. The van der Waals surface area contributed by atoms with E-state index in [0.717, 1.165) is 38.0 Å². The van der Waals surface area contributed by atoms with Crippen LogP contribution >= 0.6 is 0 Å². The molecule has 0 bridgehead atoms. The van der Waals surface area contributed by atoms with Gasteiger partial charge >= 0.3 is 0 Å². The standard InChI is InChI=1S/C24H27N3O/c28-24(23-22-10-4-3-7-18(22)11-12-25-23)27-16-20-9-2-1-8-19(20)15-21(27)17-26-13-5-6-14-26/h1-4,7-10,21H,5-6,11-17H2/t21-/m0/s1. The summed E-state index contributed by atoms with van der Waals surface area (Å²) >= 11 is 0. The van der Waals surface area contributed by atoms with Gasteiger partial charge in [0.1, 0.15) is 5.71 Å². The number of hydrogen-bond donors (Lipinski definition) is 0. The lowest BCUT2D eigenvalue weighted by atomic mass is 9.91. The maximum Gasteiger partial charge on any atom is 0.273 e. The predicted octanol–water partition coefficient (Wildman–Crippen LogP) is 3.08. The third kappa shape index (κ3) is 3.26. The van der Waals surface area contributed by atoms with Gasteiger partial charge in [0.15, 0.2) is 0 Å². The fourth-order valence-corrected chi connectivity index (χ4v) is 4.91. The highest BCUT2D eigenvalue weighted by molar-refractivity contribution is 6.45.